The second-order valence-electron chi connectivity index (χ2n) is 7.70. The largest absolute Gasteiger partial charge is 0.490 e. The number of nitrogens with two attached hydrogens (primary N) is 1. The van der Waals surface area contributed by atoms with Crippen molar-refractivity contribution in [3.8, 4) is 22.5 Å². The van der Waals surface area contributed by atoms with Gasteiger partial charge in [0.25, 0.3) is 0 Å². The van der Waals surface area contributed by atoms with Crippen LogP contribution in [0.2, 0.25) is 0 Å². The number of fused-ring (bicyclic) bond motifs is 1. The number of sulfonamides is 1. The summed E-state index contributed by atoms with van der Waals surface area (Å²) >= 11 is 0. The van der Waals surface area contributed by atoms with Gasteiger partial charge in [-0.2, -0.15) is 23.5 Å². The normalized spacial score (nSPS) is 14.5. The number of aromatic nitrogens is 7. The Balaban J connectivity index is 0.000000426. The summed E-state index contributed by atoms with van der Waals surface area (Å²) < 4.78 is 84.9. The van der Waals surface area contributed by atoms with Crippen LogP contribution in [0.4, 0.5) is 13.2 Å². The van der Waals surface area contributed by atoms with E-state index < -0.39 is 47.0 Å². The fourth-order valence-electron chi connectivity index (χ4n) is 3.44. The fraction of sp³-hybridized carbons (Fsp3) is 0.222. The van der Waals surface area contributed by atoms with Gasteiger partial charge < -0.3 is 10.4 Å². The zero-order valence-electron chi connectivity index (χ0n) is 18.7. The van der Waals surface area contributed by atoms with Gasteiger partial charge in [-0.15, -0.1) is 10.2 Å². The maximum absolute atomic E-state index is 13.1. The lowest BCUT2D eigenvalue weighted by atomic mass is 10.0. The van der Waals surface area contributed by atoms with E-state index in [0.717, 1.165) is 0 Å². The molecule has 15 nitrogen and oxygen atoms in total. The standard InChI is InChI=1S/C16H15N9O4S2.C2HF3O2/c17-31(28,29)15-12(30(26,27)10-5-18-6-10)3-2-11(14(15)16-21-23-24-22-16)9-1-4-13-19-8-20-25(13)7-9;3-2(4,5)1(6)7/h1-4,7-8,10,18H,5-6H2,(H2,17,28,29)(H,21,22,23,24);(H,6,7). The summed E-state index contributed by atoms with van der Waals surface area (Å²) in [4.78, 5) is 12.0. The molecule has 0 atom stereocenters. The number of pyridine rings is 1. The summed E-state index contributed by atoms with van der Waals surface area (Å²) in [6.07, 6.45) is -2.09. The first kappa shape index (κ1) is 27.0. The van der Waals surface area contributed by atoms with Crippen LogP contribution in [0, 0.1) is 0 Å². The van der Waals surface area contributed by atoms with Gasteiger partial charge in [0.1, 0.15) is 11.2 Å². The van der Waals surface area contributed by atoms with Crippen molar-refractivity contribution >= 4 is 31.5 Å². The van der Waals surface area contributed by atoms with E-state index in [9.17, 15) is 30.0 Å². The maximum Gasteiger partial charge on any atom is 0.490 e. The number of primary sulfonamides is 1. The number of tetrazole rings is 1. The van der Waals surface area contributed by atoms with E-state index in [4.69, 9.17) is 15.0 Å². The number of hydrogen-bond acceptors (Lipinski definition) is 11. The smallest absolute Gasteiger partial charge is 0.475 e. The molecule has 0 bridgehead atoms. The van der Waals surface area contributed by atoms with E-state index in [0.29, 0.717) is 16.8 Å². The lowest BCUT2D eigenvalue weighted by Gasteiger charge is -2.28. The highest BCUT2D eigenvalue weighted by atomic mass is 32.2. The van der Waals surface area contributed by atoms with Gasteiger partial charge in [0.05, 0.1) is 15.7 Å². The first-order chi connectivity index (χ1) is 17.7. The Morgan fingerprint density at radius 1 is 1.13 bits per heavy atom. The van der Waals surface area contributed by atoms with Crippen molar-refractivity contribution in [2.75, 3.05) is 13.1 Å². The summed E-state index contributed by atoms with van der Waals surface area (Å²) in [6, 6.07) is 6.12. The Morgan fingerprint density at radius 3 is 2.34 bits per heavy atom. The predicted octanol–water partition coefficient (Wildman–Crippen LogP) is -0.397. The summed E-state index contributed by atoms with van der Waals surface area (Å²) in [7, 11) is -8.50. The number of hydrogen-bond donors (Lipinski definition) is 4. The number of carboxylic acid groups (broad SMARTS) is 1. The number of carbonyl (C=O) groups is 1. The molecule has 1 saturated heterocycles. The number of sulfone groups is 1. The van der Waals surface area contributed by atoms with Gasteiger partial charge in [0, 0.05) is 24.8 Å². The molecule has 1 aliphatic heterocycles. The minimum Gasteiger partial charge on any atom is -0.475 e. The van der Waals surface area contributed by atoms with Crippen molar-refractivity contribution in [2.45, 2.75) is 21.2 Å². The first-order valence-corrected chi connectivity index (χ1v) is 13.3. The average Bonchev–Trinajstić information content (AvgIpc) is 3.47. The van der Waals surface area contributed by atoms with Gasteiger partial charge in [0.2, 0.25) is 15.8 Å². The summed E-state index contributed by atoms with van der Waals surface area (Å²) in [6.45, 7) is 0.434. The molecule has 0 spiro atoms. The van der Waals surface area contributed by atoms with Crippen molar-refractivity contribution in [1.29, 1.82) is 0 Å². The van der Waals surface area contributed by atoms with Gasteiger partial charge in [0.15, 0.2) is 15.5 Å². The van der Waals surface area contributed by atoms with E-state index in [1.54, 1.807) is 18.3 Å². The van der Waals surface area contributed by atoms with Crippen LogP contribution in [0.1, 0.15) is 0 Å². The molecule has 3 aromatic heterocycles. The van der Waals surface area contributed by atoms with Crippen LogP contribution in [0.25, 0.3) is 28.2 Å². The molecule has 5 rings (SSSR count). The number of benzene rings is 1. The quantitative estimate of drug-likeness (QED) is 0.238. The SMILES string of the molecule is NS(=O)(=O)c1c(S(=O)(=O)C2CNC2)ccc(-c2ccc3ncnn3c2)c1-c1nn[nH]n1.O=C(O)C(F)(F)F. The van der Waals surface area contributed by atoms with Gasteiger partial charge >= 0.3 is 12.1 Å². The molecule has 1 aromatic carbocycles. The van der Waals surface area contributed by atoms with Crippen LogP contribution >= 0.6 is 0 Å². The van der Waals surface area contributed by atoms with E-state index in [2.05, 4.69) is 36.0 Å². The van der Waals surface area contributed by atoms with Gasteiger partial charge in [-0.05, 0) is 29.0 Å². The Kier molecular flexibility index (Phi) is 6.90. The predicted molar refractivity (Wildman–Crippen MR) is 121 cm³/mol. The first-order valence-electron chi connectivity index (χ1n) is 10.2. The molecule has 202 valence electrons. The molecule has 1 aliphatic rings. The van der Waals surface area contributed by atoms with E-state index in [-0.39, 0.29) is 24.5 Å². The summed E-state index contributed by atoms with van der Waals surface area (Å²) in [5.74, 6) is -2.87. The van der Waals surface area contributed by atoms with Crippen molar-refractivity contribution in [3.05, 3.63) is 36.8 Å². The Hall–Kier alpha value is -4.01. The number of rotatable bonds is 5. The number of nitrogens with zero attached hydrogens (tertiary/aromatic N) is 6. The molecular weight excluding hydrogens is 559 g/mol. The molecule has 0 unspecified atom stereocenters. The van der Waals surface area contributed by atoms with Gasteiger partial charge in [-0.1, -0.05) is 6.07 Å². The van der Waals surface area contributed by atoms with Crippen molar-refractivity contribution < 1.29 is 39.9 Å². The van der Waals surface area contributed by atoms with E-state index >= 15 is 0 Å². The van der Waals surface area contributed by atoms with Crippen LogP contribution < -0.4 is 10.5 Å². The molecule has 0 amide bonds. The second-order valence-corrected chi connectivity index (χ2v) is 11.4. The summed E-state index contributed by atoms with van der Waals surface area (Å²) in [5, 5.41) is 32.4. The number of nitrogens with one attached hydrogen (secondary N) is 2. The molecular formula is C18H16F3N9O6S2. The highest BCUT2D eigenvalue weighted by molar-refractivity contribution is 7.94. The number of aromatic amines is 1. The second kappa shape index (κ2) is 9.70. The highest BCUT2D eigenvalue weighted by Crippen LogP contribution is 2.39. The molecule has 4 heterocycles. The third-order valence-corrected chi connectivity index (χ3v) is 8.58. The molecule has 0 radical (unpaired) electrons. The van der Waals surface area contributed by atoms with Crippen molar-refractivity contribution in [2.24, 2.45) is 5.14 Å². The van der Waals surface area contributed by atoms with E-state index in [1.165, 1.54) is 23.0 Å². The molecule has 1 fully saturated rings. The molecule has 0 saturated carbocycles. The Labute approximate surface area is 210 Å². The average molecular weight is 576 g/mol. The topological polar surface area (TPSA) is 228 Å². The number of halogens is 3. The lowest BCUT2D eigenvalue weighted by molar-refractivity contribution is -0.192. The summed E-state index contributed by atoms with van der Waals surface area (Å²) in [5.41, 5.74) is 1.38. The van der Waals surface area contributed by atoms with Crippen LogP contribution in [0.5, 0.6) is 0 Å². The Bertz CT molecular complexity index is 1720. The number of aliphatic carboxylic acids is 1. The Morgan fingerprint density at radius 2 is 1.82 bits per heavy atom. The van der Waals surface area contributed by atoms with E-state index in [1.807, 2.05) is 0 Å². The minimum absolute atomic E-state index is 0.0657. The number of carboxylic acids is 1. The van der Waals surface area contributed by atoms with Crippen LogP contribution in [-0.2, 0) is 24.7 Å². The van der Waals surface area contributed by atoms with Crippen LogP contribution in [0.3, 0.4) is 0 Å². The molecule has 5 N–H and O–H groups in total. The number of alkyl halides is 3. The monoisotopic (exact) mass is 575 g/mol. The van der Waals surface area contributed by atoms with Crippen LogP contribution in [-0.4, -0.2) is 87.6 Å². The van der Waals surface area contributed by atoms with Crippen molar-refractivity contribution in [3.63, 3.8) is 0 Å². The van der Waals surface area contributed by atoms with Crippen LogP contribution in [0.15, 0.2) is 46.6 Å². The third kappa shape index (κ3) is 5.18. The van der Waals surface area contributed by atoms with Crippen molar-refractivity contribution in [1.82, 2.24) is 40.5 Å². The molecule has 0 aliphatic carbocycles. The maximum atomic E-state index is 13.1. The fourth-order valence-corrected chi connectivity index (χ4v) is 6.62. The minimum atomic E-state index is -5.08. The number of H-pyrrole nitrogens is 1. The van der Waals surface area contributed by atoms with Gasteiger partial charge in [-0.25, -0.2) is 36.3 Å². The third-order valence-electron chi connectivity index (χ3n) is 5.29. The molecule has 20 heteroatoms. The zero-order chi connectivity index (χ0) is 27.9. The highest BCUT2D eigenvalue weighted by Gasteiger charge is 2.39. The molecule has 4 aromatic rings. The lowest BCUT2D eigenvalue weighted by Crippen LogP contribution is -2.51. The zero-order valence-corrected chi connectivity index (χ0v) is 20.3. The molecule has 38 heavy (non-hydrogen) atoms. The van der Waals surface area contributed by atoms with Gasteiger partial charge in [-0.3, -0.25) is 0 Å².